The van der Waals surface area contributed by atoms with E-state index in [9.17, 15) is 4.79 Å². The van der Waals surface area contributed by atoms with E-state index in [1.54, 1.807) is 31.2 Å². The van der Waals surface area contributed by atoms with Crippen LogP contribution in [-0.2, 0) is 9.53 Å². The molecule has 0 fully saturated rings. The van der Waals surface area contributed by atoms with Crippen LogP contribution in [0.15, 0.2) is 24.3 Å². The van der Waals surface area contributed by atoms with Crippen molar-refractivity contribution in [3.63, 3.8) is 0 Å². The van der Waals surface area contributed by atoms with E-state index in [0.717, 1.165) is 0 Å². The average molecular weight is 215 g/mol. The summed E-state index contributed by atoms with van der Waals surface area (Å²) in [7, 11) is 1.31. The molecule has 0 aromatic heterocycles. The van der Waals surface area contributed by atoms with Gasteiger partial charge in [-0.3, -0.25) is 0 Å². The molecule has 0 aliphatic carbocycles. The van der Waals surface area contributed by atoms with E-state index in [2.05, 4.69) is 4.74 Å². The van der Waals surface area contributed by atoms with Gasteiger partial charge >= 0.3 is 5.97 Å². The Hall–Kier alpha value is -1.22. The fourth-order valence-corrected chi connectivity index (χ4v) is 1.13. The van der Waals surface area contributed by atoms with E-state index in [1.807, 2.05) is 0 Å². The third kappa shape index (κ3) is 2.64. The van der Waals surface area contributed by atoms with Crippen LogP contribution in [0.3, 0.4) is 0 Å². The van der Waals surface area contributed by atoms with Crippen LogP contribution in [-0.4, -0.2) is 19.2 Å². The lowest BCUT2D eigenvalue weighted by Gasteiger charge is -2.12. The van der Waals surface area contributed by atoms with E-state index >= 15 is 0 Å². The molecule has 1 unspecified atom stereocenters. The summed E-state index contributed by atoms with van der Waals surface area (Å²) < 4.78 is 9.81. The molecule has 0 aliphatic rings. The van der Waals surface area contributed by atoms with Crippen molar-refractivity contribution in [1.82, 2.24) is 0 Å². The van der Waals surface area contributed by atoms with Gasteiger partial charge in [0.15, 0.2) is 6.10 Å². The van der Waals surface area contributed by atoms with Crippen molar-refractivity contribution in [2.75, 3.05) is 7.11 Å². The second-order valence-electron chi connectivity index (χ2n) is 2.71. The lowest BCUT2D eigenvalue weighted by Crippen LogP contribution is -2.24. The molecule has 0 spiro atoms. The maximum Gasteiger partial charge on any atom is 0.346 e. The number of benzene rings is 1. The van der Waals surface area contributed by atoms with Crippen molar-refractivity contribution < 1.29 is 14.3 Å². The molecule has 76 valence electrons. The number of carbonyl (C=O) groups is 1. The van der Waals surface area contributed by atoms with Crippen molar-refractivity contribution in [3.8, 4) is 5.75 Å². The van der Waals surface area contributed by atoms with Gasteiger partial charge in [-0.05, 0) is 19.1 Å². The molecule has 0 heterocycles. The minimum atomic E-state index is -0.653. The summed E-state index contributed by atoms with van der Waals surface area (Å²) in [6.45, 7) is 1.61. The lowest BCUT2D eigenvalue weighted by molar-refractivity contribution is -0.147. The van der Waals surface area contributed by atoms with Gasteiger partial charge in [-0.15, -0.1) is 0 Å². The summed E-state index contributed by atoms with van der Waals surface area (Å²) in [6.07, 6.45) is -0.653. The van der Waals surface area contributed by atoms with Crippen molar-refractivity contribution in [3.05, 3.63) is 29.3 Å². The summed E-state index contributed by atoms with van der Waals surface area (Å²) >= 11 is 5.84. The fraction of sp³-hybridized carbons (Fsp3) is 0.300. The van der Waals surface area contributed by atoms with Crippen molar-refractivity contribution in [2.24, 2.45) is 0 Å². The quantitative estimate of drug-likeness (QED) is 0.725. The third-order valence-corrected chi connectivity index (χ3v) is 1.99. The highest BCUT2D eigenvalue weighted by atomic mass is 35.5. The predicted molar refractivity (Wildman–Crippen MR) is 53.6 cm³/mol. The SMILES string of the molecule is COC(=O)C(C)Oc1ccccc1Cl. The van der Waals surface area contributed by atoms with E-state index in [-0.39, 0.29) is 0 Å². The van der Waals surface area contributed by atoms with Crippen LogP contribution < -0.4 is 4.74 Å². The number of ether oxygens (including phenoxy) is 2. The highest BCUT2D eigenvalue weighted by molar-refractivity contribution is 6.32. The standard InChI is InChI=1S/C10H11ClO3/c1-7(10(12)13-2)14-9-6-4-3-5-8(9)11/h3-7H,1-2H3. The summed E-state index contributed by atoms with van der Waals surface area (Å²) in [5.74, 6) is 0.0528. The number of carbonyl (C=O) groups excluding carboxylic acids is 1. The largest absolute Gasteiger partial charge is 0.477 e. The van der Waals surface area contributed by atoms with Crippen LogP contribution in [0, 0.1) is 0 Å². The van der Waals surface area contributed by atoms with Gasteiger partial charge < -0.3 is 9.47 Å². The zero-order chi connectivity index (χ0) is 10.6. The van der Waals surface area contributed by atoms with E-state index in [1.165, 1.54) is 7.11 Å². The Morgan fingerprint density at radius 2 is 2.07 bits per heavy atom. The van der Waals surface area contributed by atoms with E-state index in [0.29, 0.717) is 10.8 Å². The maximum atomic E-state index is 11.0. The molecule has 4 heteroatoms. The van der Waals surface area contributed by atoms with Gasteiger partial charge in [-0.25, -0.2) is 4.79 Å². The summed E-state index contributed by atoms with van der Waals surface area (Å²) in [4.78, 5) is 11.0. The van der Waals surface area contributed by atoms with Crippen LogP contribution in [0.2, 0.25) is 5.02 Å². The van der Waals surface area contributed by atoms with Crippen LogP contribution in [0.5, 0.6) is 5.75 Å². The Kier molecular flexibility index (Phi) is 3.77. The Bertz CT molecular complexity index is 325. The van der Waals surface area contributed by atoms with Gasteiger partial charge in [0.05, 0.1) is 12.1 Å². The molecule has 0 amide bonds. The maximum absolute atomic E-state index is 11.0. The van der Waals surface area contributed by atoms with Gasteiger partial charge in [0.2, 0.25) is 0 Å². The smallest absolute Gasteiger partial charge is 0.346 e. The van der Waals surface area contributed by atoms with Crippen LogP contribution in [0.4, 0.5) is 0 Å². The number of hydrogen-bond donors (Lipinski definition) is 0. The monoisotopic (exact) mass is 214 g/mol. The van der Waals surface area contributed by atoms with Crippen LogP contribution in [0.25, 0.3) is 0 Å². The number of para-hydroxylation sites is 1. The van der Waals surface area contributed by atoms with Gasteiger partial charge in [-0.2, -0.15) is 0 Å². The van der Waals surface area contributed by atoms with E-state index < -0.39 is 12.1 Å². The molecule has 1 rings (SSSR count). The van der Waals surface area contributed by atoms with Crippen LogP contribution in [0.1, 0.15) is 6.92 Å². The number of hydrogen-bond acceptors (Lipinski definition) is 3. The molecule has 0 aliphatic heterocycles. The average Bonchev–Trinajstić information content (AvgIpc) is 2.20. The first-order chi connectivity index (χ1) is 6.65. The minimum absolute atomic E-state index is 0.426. The fourth-order valence-electron chi connectivity index (χ4n) is 0.945. The Balaban J connectivity index is 2.69. The second-order valence-corrected chi connectivity index (χ2v) is 3.12. The first-order valence-corrected chi connectivity index (χ1v) is 4.52. The summed E-state index contributed by atoms with van der Waals surface area (Å²) in [5.41, 5.74) is 0. The zero-order valence-corrected chi connectivity index (χ0v) is 8.75. The number of methoxy groups -OCH3 is 1. The van der Waals surface area contributed by atoms with Crippen molar-refractivity contribution in [2.45, 2.75) is 13.0 Å². The number of rotatable bonds is 3. The normalized spacial score (nSPS) is 11.9. The molecule has 1 aromatic carbocycles. The highest BCUT2D eigenvalue weighted by Gasteiger charge is 2.15. The Labute approximate surface area is 87.6 Å². The molecule has 0 bridgehead atoms. The number of halogens is 1. The van der Waals surface area contributed by atoms with Gasteiger partial charge in [0.25, 0.3) is 0 Å². The van der Waals surface area contributed by atoms with E-state index in [4.69, 9.17) is 16.3 Å². The predicted octanol–water partition coefficient (Wildman–Crippen LogP) is 2.28. The van der Waals surface area contributed by atoms with Crippen molar-refractivity contribution in [1.29, 1.82) is 0 Å². The first-order valence-electron chi connectivity index (χ1n) is 4.14. The first kappa shape index (κ1) is 10.9. The summed E-state index contributed by atoms with van der Waals surface area (Å²) in [5, 5.41) is 0.475. The Morgan fingerprint density at radius 1 is 1.43 bits per heavy atom. The molecule has 1 atom stereocenters. The second kappa shape index (κ2) is 4.86. The molecule has 3 nitrogen and oxygen atoms in total. The van der Waals surface area contributed by atoms with Crippen molar-refractivity contribution >= 4 is 17.6 Å². The molecule has 0 saturated heterocycles. The third-order valence-electron chi connectivity index (χ3n) is 1.67. The zero-order valence-electron chi connectivity index (χ0n) is 7.99. The molecule has 0 N–H and O–H groups in total. The highest BCUT2D eigenvalue weighted by Crippen LogP contribution is 2.24. The molecule has 0 radical (unpaired) electrons. The molecular formula is C10H11ClO3. The summed E-state index contributed by atoms with van der Waals surface area (Å²) in [6, 6.07) is 6.96. The minimum Gasteiger partial charge on any atom is -0.477 e. The Morgan fingerprint density at radius 3 is 2.64 bits per heavy atom. The molecule has 14 heavy (non-hydrogen) atoms. The molecular weight excluding hydrogens is 204 g/mol. The lowest BCUT2D eigenvalue weighted by atomic mass is 10.3. The van der Waals surface area contributed by atoms with Crippen LogP contribution >= 0.6 is 11.6 Å². The molecule has 0 saturated carbocycles. The van der Waals surface area contributed by atoms with Gasteiger partial charge in [-0.1, -0.05) is 23.7 Å². The van der Waals surface area contributed by atoms with Gasteiger partial charge in [0, 0.05) is 0 Å². The topological polar surface area (TPSA) is 35.5 Å². The molecule has 1 aromatic rings. The van der Waals surface area contributed by atoms with Gasteiger partial charge in [0.1, 0.15) is 5.75 Å². The number of esters is 1.